The van der Waals surface area contributed by atoms with Crippen LogP contribution in [-0.4, -0.2) is 16.9 Å². The molecule has 1 amide bonds. The first-order valence-electron chi connectivity index (χ1n) is 6.34. The number of para-hydroxylation sites is 1. The number of nitrogens with zero attached hydrogens (tertiary/aromatic N) is 1. The topological polar surface area (TPSA) is 54.0 Å². The maximum atomic E-state index is 13.5. The van der Waals surface area contributed by atoms with E-state index in [2.05, 4.69) is 15.6 Å². The van der Waals surface area contributed by atoms with E-state index in [1.807, 2.05) is 13.8 Å². The van der Waals surface area contributed by atoms with E-state index in [4.69, 9.17) is 0 Å². The highest BCUT2D eigenvalue weighted by Crippen LogP contribution is 2.19. The van der Waals surface area contributed by atoms with Crippen LogP contribution in [0.2, 0.25) is 0 Å². The fourth-order valence-corrected chi connectivity index (χ4v) is 1.69. The first-order valence-corrected chi connectivity index (χ1v) is 6.34. The summed E-state index contributed by atoms with van der Waals surface area (Å²) in [5.74, 6) is -0.602. The van der Waals surface area contributed by atoms with Crippen LogP contribution < -0.4 is 10.6 Å². The number of nitrogens with one attached hydrogen (secondary N) is 2. The zero-order valence-corrected chi connectivity index (χ0v) is 11.4. The van der Waals surface area contributed by atoms with Gasteiger partial charge in [0.2, 0.25) is 0 Å². The maximum Gasteiger partial charge on any atom is 0.270 e. The lowest BCUT2D eigenvalue weighted by molar-refractivity contribution is 0.0938. The molecule has 1 heterocycles. The van der Waals surface area contributed by atoms with Crippen molar-refractivity contribution in [1.29, 1.82) is 0 Å². The summed E-state index contributed by atoms with van der Waals surface area (Å²) in [4.78, 5) is 15.9. The van der Waals surface area contributed by atoms with Crippen LogP contribution in [0.1, 0.15) is 24.3 Å². The predicted molar refractivity (Wildman–Crippen MR) is 76.5 cm³/mol. The molecule has 0 aliphatic rings. The summed E-state index contributed by atoms with van der Waals surface area (Å²) in [6, 6.07) is 9.66. The van der Waals surface area contributed by atoms with Crippen LogP contribution in [-0.2, 0) is 0 Å². The maximum absolute atomic E-state index is 13.5. The van der Waals surface area contributed by atoms with Gasteiger partial charge in [-0.25, -0.2) is 4.39 Å². The van der Waals surface area contributed by atoms with Crippen molar-refractivity contribution in [3.05, 3.63) is 54.1 Å². The molecule has 0 aliphatic heterocycles. The average molecular weight is 273 g/mol. The van der Waals surface area contributed by atoms with Gasteiger partial charge in [0.25, 0.3) is 5.91 Å². The van der Waals surface area contributed by atoms with Crippen molar-refractivity contribution >= 4 is 17.3 Å². The van der Waals surface area contributed by atoms with Crippen LogP contribution in [0.5, 0.6) is 0 Å². The molecule has 0 aliphatic carbocycles. The molecular formula is C15H16FN3O. The number of amides is 1. The van der Waals surface area contributed by atoms with E-state index in [9.17, 15) is 9.18 Å². The molecule has 4 nitrogen and oxygen atoms in total. The molecule has 1 aromatic heterocycles. The summed E-state index contributed by atoms with van der Waals surface area (Å²) in [5, 5.41) is 5.68. The Morgan fingerprint density at radius 3 is 2.70 bits per heavy atom. The molecule has 2 rings (SSSR count). The summed E-state index contributed by atoms with van der Waals surface area (Å²) in [7, 11) is 0. The van der Waals surface area contributed by atoms with Crippen LogP contribution in [0.15, 0.2) is 42.6 Å². The number of carbonyl (C=O) groups is 1. The van der Waals surface area contributed by atoms with Crippen molar-refractivity contribution < 1.29 is 9.18 Å². The van der Waals surface area contributed by atoms with Gasteiger partial charge in [0.15, 0.2) is 0 Å². The Kier molecular flexibility index (Phi) is 4.30. The normalized spacial score (nSPS) is 10.4. The van der Waals surface area contributed by atoms with Gasteiger partial charge in [-0.05, 0) is 38.1 Å². The molecule has 0 bridgehead atoms. The fraction of sp³-hybridized carbons (Fsp3) is 0.200. The number of pyridine rings is 1. The highest BCUT2D eigenvalue weighted by atomic mass is 19.1. The lowest BCUT2D eigenvalue weighted by Gasteiger charge is -2.10. The number of halogens is 1. The molecule has 20 heavy (non-hydrogen) atoms. The summed E-state index contributed by atoms with van der Waals surface area (Å²) in [6.45, 7) is 3.75. The van der Waals surface area contributed by atoms with Crippen molar-refractivity contribution in [3.63, 3.8) is 0 Å². The van der Waals surface area contributed by atoms with E-state index in [1.54, 1.807) is 30.3 Å². The van der Waals surface area contributed by atoms with Gasteiger partial charge < -0.3 is 10.6 Å². The Balaban J connectivity index is 2.18. The van der Waals surface area contributed by atoms with E-state index in [0.29, 0.717) is 17.1 Å². The number of rotatable bonds is 4. The Morgan fingerprint density at radius 2 is 2.00 bits per heavy atom. The second-order valence-electron chi connectivity index (χ2n) is 4.66. The molecular weight excluding hydrogens is 257 g/mol. The Morgan fingerprint density at radius 1 is 1.25 bits per heavy atom. The number of aromatic nitrogens is 1. The highest BCUT2D eigenvalue weighted by molar-refractivity contribution is 5.93. The largest absolute Gasteiger partial charge is 0.353 e. The molecule has 1 aromatic carbocycles. The predicted octanol–water partition coefficient (Wildman–Crippen LogP) is 3.10. The fourth-order valence-electron chi connectivity index (χ4n) is 1.69. The number of benzene rings is 1. The molecule has 2 N–H and O–H groups in total. The lowest BCUT2D eigenvalue weighted by atomic mass is 10.2. The standard InChI is InChI=1S/C15H16FN3O/c1-10(2)18-15(20)14-9-11(7-8-17-14)19-13-6-4-3-5-12(13)16/h3-10H,1-2H3,(H,17,19)(H,18,20). The van der Waals surface area contributed by atoms with Gasteiger partial charge in [-0.15, -0.1) is 0 Å². The minimum Gasteiger partial charge on any atom is -0.353 e. The van der Waals surface area contributed by atoms with Gasteiger partial charge in [0.05, 0.1) is 5.69 Å². The molecule has 0 unspecified atom stereocenters. The number of hydrogen-bond donors (Lipinski definition) is 2. The van der Waals surface area contributed by atoms with Crippen molar-refractivity contribution in [2.45, 2.75) is 19.9 Å². The molecule has 0 fully saturated rings. The highest BCUT2D eigenvalue weighted by Gasteiger charge is 2.09. The van der Waals surface area contributed by atoms with Crippen molar-refractivity contribution in [3.8, 4) is 0 Å². The van der Waals surface area contributed by atoms with Crippen LogP contribution >= 0.6 is 0 Å². The molecule has 5 heteroatoms. The summed E-state index contributed by atoms with van der Waals surface area (Å²) in [5.41, 5.74) is 1.26. The van der Waals surface area contributed by atoms with Gasteiger partial charge in [-0.2, -0.15) is 0 Å². The summed E-state index contributed by atoms with van der Waals surface area (Å²) in [6.07, 6.45) is 1.51. The Labute approximate surface area is 117 Å². The van der Waals surface area contributed by atoms with Gasteiger partial charge in [-0.3, -0.25) is 9.78 Å². The molecule has 104 valence electrons. The number of carbonyl (C=O) groups excluding carboxylic acids is 1. The number of hydrogen-bond acceptors (Lipinski definition) is 3. The van der Waals surface area contributed by atoms with E-state index < -0.39 is 0 Å². The van der Waals surface area contributed by atoms with Gasteiger partial charge in [0.1, 0.15) is 11.5 Å². The molecule has 0 spiro atoms. The smallest absolute Gasteiger partial charge is 0.270 e. The van der Waals surface area contributed by atoms with Gasteiger partial charge >= 0.3 is 0 Å². The summed E-state index contributed by atoms with van der Waals surface area (Å²) < 4.78 is 13.5. The minimum atomic E-state index is -0.350. The third kappa shape index (κ3) is 3.54. The van der Waals surface area contributed by atoms with Crippen LogP contribution in [0.25, 0.3) is 0 Å². The molecule has 0 radical (unpaired) electrons. The van der Waals surface area contributed by atoms with Crippen molar-refractivity contribution in [2.24, 2.45) is 0 Å². The third-order valence-electron chi connectivity index (χ3n) is 2.57. The van der Waals surface area contributed by atoms with Crippen LogP contribution in [0.4, 0.5) is 15.8 Å². The lowest BCUT2D eigenvalue weighted by Crippen LogP contribution is -2.30. The van der Waals surface area contributed by atoms with E-state index in [-0.39, 0.29) is 17.8 Å². The first-order chi connectivity index (χ1) is 9.56. The molecule has 0 atom stereocenters. The average Bonchev–Trinajstić information content (AvgIpc) is 2.41. The van der Waals surface area contributed by atoms with Gasteiger partial charge in [0, 0.05) is 17.9 Å². The first kappa shape index (κ1) is 14.0. The Bertz CT molecular complexity index is 614. The van der Waals surface area contributed by atoms with E-state index >= 15 is 0 Å². The zero-order valence-electron chi connectivity index (χ0n) is 11.4. The monoisotopic (exact) mass is 273 g/mol. The third-order valence-corrected chi connectivity index (χ3v) is 2.57. The molecule has 2 aromatic rings. The Hall–Kier alpha value is -2.43. The van der Waals surface area contributed by atoms with Crippen LogP contribution in [0, 0.1) is 5.82 Å². The van der Waals surface area contributed by atoms with E-state index in [1.165, 1.54) is 12.3 Å². The molecule has 0 saturated carbocycles. The minimum absolute atomic E-state index is 0.0347. The van der Waals surface area contributed by atoms with Crippen molar-refractivity contribution in [2.75, 3.05) is 5.32 Å². The SMILES string of the molecule is CC(C)NC(=O)c1cc(Nc2ccccc2F)ccn1. The van der Waals surface area contributed by atoms with Crippen molar-refractivity contribution in [1.82, 2.24) is 10.3 Å². The second kappa shape index (κ2) is 6.14. The second-order valence-corrected chi connectivity index (χ2v) is 4.66. The van der Waals surface area contributed by atoms with Gasteiger partial charge in [-0.1, -0.05) is 12.1 Å². The number of anilines is 2. The summed E-state index contributed by atoms with van der Waals surface area (Å²) >= 11 is 0. The quantitative estimate of drug-likeness (QED) is 0.900. The van der Waals surface area contributed by atoms with E-state index in [0.717, 1.165) is 0 Å². The zero-order chi connectivity index (χ0) is 14.5. The van der Waals surface area contributed by atoms with Crippen LogP contribution in [0.3, 0.4) is 0 Å². The molecule has 0 saturated heterocycles.